The second kappa shape index (κ2) is 5.60. The van der Waals surface area contributed by atoms with Crippen LogP contribution in [-0.4, -0.2) is 39.3 Å². The molecule has 2 aromatic rings. The van der Waals surface area contributed by atoms with Gasteiger partial charge < -0.3 is 19.3 Å². The van der Waals surface area contributed by atoms with Crippen LogP contribution in [0.3, 0.4) is 0 Å². The first kappa shape index (κ1) is 16.5. The molecule has 4 N–H and O–H groups in total. The number of phenols is 2. The van der Waals surface area contributed by atoms with Crippen molar-refractivity contribution >= 4 is 33.7 Å². The quantitative estimate of drug-likeness (QED) is 0.387. The van der Waals surface area contributed by atoms with Gasteiger partial charge in [-0.05, 0) is 24.3 Å². The van der Waals surface area contributed by atoms with Gasteiger partial charge in [-0.1, -0.05) is 0 Å². The molecular formula is C14H8O8S2. The van der Waals surface area contributed by atoms with Crippen LogP contribution in [0, 0.1) is 0 Å². The van der Waals surface area contributed by atoms with E-state index < -0.39 is 66.1 Å². The summed E-state index contributed by atoms with van der Waals surface area (Å²) in [6.45, 7) is 0. The number of rotatable bonds is 2. The number of aromatic hydroxyl groups is 2. The van der Waals surface area contributed by atoms with Crippen molar-refractivity contribution in [3.05, 3.63) is 46.5 Å². The fourth-order valence-electron chi connectivity index (χ4n) is 2.52. The van der Waals surface area contributed by atoms with E-state index in [2.05, 4.69) is 0 Å². The minimum absolute atomic E-state index is 0.306. The summed E-state index contributed by atoms with van der Waals surface area (Å²) >= 11 is -5.36. The van der Waals surface area contributed by atoms with Crippen LogP contribution in [0.25, 0.3) is 0 Å². The van der Waals surface area contributed by atoms with Crippen molar-refractivity contribution in [1.29, 1.82) is 0 Å². The van der Waals surface area contributed by atoms with Gasteiger partial charge in [0.15, 0.2) is 33.7 Å². The van der Waals surface area contributed by atoms with Crippen molar-refractivity contribution < 1.29 is 37.3 Å². The zero-order chi connectivity index (χ0) is 17.8. The number of carbonyl (C=O) groups is 2. The molecule has 0 aromatic heterocycles. The molecule has 0 bridgehead atoms. The van der Waals surface area contributed by atoms with Gasteiger partial charge in [0.25, 0.3) is 0 Å². The summed E-state index contributed by atoms with van der Waals surface area (Å²) in [5.41, 5.74) is -1.47. The van der Waals surface area contributed by atoms with Gasteiger partial charge in [-0.3, -0.25) is 9.59 Å². The van der Waals surface area contributed by atoms with Gasteiger partial charge in [0, 0.05) is 11.1 Å². The van der Waals surface area contributed by atoms with E-state index in [-0.39, 0.29) is 11.1 Å². The van der Waals surface area contributed by atoms with Crippen molar-refractivity contribution in [2.24, 2.45) is 0 Å². The fraction of sp³-hybridized carbons (Fsp3) is 0. The van der Waals surface area contributed by atoms with E-state index in [1.54, 1.807) is 0 Å². The Morgan fingerprint density at radius 2 is 1.04 bits per heavy atom. The summed E-state index contributed by atoms with van der Waals surface area (Å²) in [4.78, 5) is 24.1. The van der Waals surface area contributed by atoms with E-state index in [0.29, 0.717) is 0 Å². The zero-order valence-corrected chi connectivity index (χ0v) is 13.2. The Hall–Kier alpha value is -2.40. The largest absolute Gasteiger partial charge is 0.507 e. The molecule has 2 aromatic carbocycles. The molecule has 1 aliphatic carbocycles. The van der Waals surface area contributed by atoms with Crippen LogP contribution in [-0.2, 0) is 22.2 Å². The fourth-order valence-corrected chi connectivity index (χ4v) is 3.85. The molecule has 2 unspecified atom stereocenters. The van der Waals surface area contributed by atoms with Crippen LogP contribution >= 0.6 is 0 Å². The Kier molecular flexibility index (Phi) is 3.84. The van der Waals surface area contributed by atoms with E-state index in [1.165, 1.54) is 0 Å². The molecule has 0 spiro atoms. The molecule has 0 aliphatic heterocycles. The normalized spacial score (nSPS) is 15.6. The van der Waals surface area contributed by atoms with Gasteiger partial charge in [-0.15, -0.1) is 0 Å². The monoisotopic (exact) mass is 368 g/mol. The van der Waals surface area contributed by atoms with E-state index in [9.17, 15) is 37.3 Å². The lowest BCUT2D eigenvalue weighted by atomic mass is 9.83. The smallest absolute Gasteiger partial charge is 0.198 e. The maximum atomic E-state index is 12.5. The molecule has 10 heteroatoms. The van der Waals surface area contributed by atoms with Crippen LogP contribution in [0.15, 0.2) is 34.1 Å². The molecule has 3 rings (SSSR count). The van der Waals surface area contributed by atoms with Crippen LogP contribution in [0.1, 0.15) is 31.8 Å². The molecule has 0 fully saturated rings. The molecule has 0 amide bonds. The third kappa shape index (κ3) is 2.27. The molecule has 1 aliphatic rings. The first-order valence-electron chi connectivity index (χ1n) is 6.28. The average Bonchev–Trinajstić information content (AvgIpc) is 2.53. The van der Waals surface area contributed by atoms with Crippen LogP contribution in [0.5, 0.6) is 11.5 Å². The Balaban J connectivity index is 2.39. The topological polar surface area (TPSA) is 149 Å². The lowest BCUT2D eigenvalue weighted by molar-refractivity contribution is 0.0973. The van der Waals surface area contributed by atoms with Gasteiger partial charge in [0.2, 0.25) is 0 Å². The predicted molar refractivity (Wildman–Crippen MR) is 81.2 cm³/mol. The second-order valence-corrected chi connectivity index (χ2v) is 6.73. The van der Waals surface area contributed by atoms with E-state index in [0.717, 1.165) is 24.3 Å². The number of fused-ring (bicyclic) bond motifs is 2. The maximum Gasteiger partial charge on any atom is 0.198 e. The SMILES string of the molecule is O=C1c2cc(S(=O)O)c(S(=O)O)cc2C(=O)c2c(O)ccc(O)c21. The molecule has 8 nitrogen and oxygen atoms in total. The summed E-state index contributed by atoms with van der Waals surface area (Å²) < 4.78 is 41.2. The number of benzene rings is 2. The minimum Gasteiger partial charge on any atom is -0.507 e. The Morgan fingerprint density at radius 1 is 0.708 bits per heavy atom. The van der Waals surface area contributed by atoms with Crippen molar-refractivity contribution in [3.63, 3.8) is 0 Å². The molecule has 2 atom stereocenters. The minimum atomic E-state index is -2.68. The summed E-state index contributed by atoms with van der Waals surface area (Å²) in [6.07, 6.45) is 0. The molecule has 124 valence electrons. The summed E-state index contributed by atoms with van der Waals surface area (Å²) in [7, 11) is 0. The first-order chi connectivity index (χ1) is 11.2. The molecule has 24 heavy (non-hydrogen) atoms. The number of hydrogen-bond donors (Lipinski definition) is 4. The first-order valence-corrected chi connectivity index (χ1v) is 8.49. The predicted octanol–water partition coefficient (Wildman–Crippen LogP) is 1.03. The average molecular weight is 368 g/mol. The molecule has 0 radical (unpaired) electrons. The van der Waals surface area contributed by atoms with E-state index in [1.807, 2.05) is 0 Å². The third-order valence-corrected chi connectivity index (χ3v) is 5.12. The van der Waals surface area contributed by atoms with Crippen LogP contribution in [0.2, 0.25) is 0 Å². The van der Waals surface area contributed by atoms with E-state index in [4.69, 9.17) is 0 Å². The Morgan fingerprint density at radius 3 is 1.33 bits per heavy atom. The highest BCUT2D eigenvalue weighted by Crippen LogP contribution is 2.38. The van der Waals surface area contributed by atoms with Gasteiger partial charge >= 0.3 is 0 Å². The van der Waals surface area contributed by atoms with Gasteiger partial charge in [-0.2, -0.15) is 0 Å². The second-order valence-electron chi connectivity index (χ2n) is 4.85. The zero-order valence-electron chi connectivity index (χ0n) is 11.5. The third-order valence-electron chi connectivity index (χ3n) is 3.56. The van der Waals surface area contributed by atoms with Crippen molar-refractivity contribution in [2.45, 2.75) is 9.79 Å². The lowest BCUT2D eigenvalue weighted by Crippen LogP contribution is -2.22. The number of hydrogen-bond acceptors (Lipinski definition) is 6. The Labute approximate surface area is 139 Å². The molecule has 0 saturated carbocycles. The summed E-state index contributed by atoms with van der Waals surface area (Å²) in [6, 6.07) is 3.79. The highest BCUT2D eigenvalue weighted by molar-refractivity contribution is 7.82. The Bertz CT molecular complexity index is 901. The van der Waals surface area contributed by atoms with Gasteiger partial charge in [0.1, 0.15) is 11.5 Å². The van der Waals surface area contributed by atoms with Crippen LogP contribution < -0.4 is 0 Å². The standard InChI is InChI=1S/C14H8O8S2/c15-7-1-2-8(16)12-11(7)13(17)5-3-9(23(19)20)10(24(21)22)4-6(5)14(12)18/h1-4,15-16H,(H,19,20)(H,21,22). The van der Waals surface area contributed by atoms with E-state index >= 15 is 0 Å². The van der Waals surface area contributed by atoms with Gasteiger partial charge in [0.05, 0.1) is 20.9 Å². The lowest BCUT2D eigenvalue weighted by Gasteiger charge is -2.20. The number of phenolic OH excluding ortho intramolecular Hbond substituents is 2. The van der Waals surface area contributed by atoms with Crippen LogP contribution in [0.4, 0.5) is 0 Å². The van der Waals surface area contributed by atoms with Crippen molar-refractivity contribution in [3.8, 4) is 11.5 Å². The van der Waals surface area contributed by atoms with Crippen molar-refractivity contribution in [2.75, 3.05) is 0 Å². The maximum absolute atomic E-state index is 12.5. The highest BCUT2D eigenvalue weighted by Gasteiger charge is 2.36. The van der Waals surface area contributed by atoms with Gasteiger partial charge in [-0.25, -0.2) is 8.42 Å². The number of carbonyl (C=O) groups excluding carboxylic acids is 2. The summed E-state index contributed by atoms with van der Waals surface area (Å²) in [5.74, 6) is -2.77. The molecular weight excluding hydrogens is 360 g/mol. The summed E-state index contributed by atoms with van der Waals surface area (Å²) in [5, 5.41) is 19.7. The number of ketones is 2. The van der Waals surface area contributed by atoms with Crippen molar-refractivity contribution in [1.82, 2.24) is 0 Å². The molecule has 0 heterocycles. The highest BCUT2D eigenvalue weighted by atomic mass is 32.2. The molecule has 0 saturated heterocycles.